The molecule has 2 bridgehead atoms. The van der Waals surface area contributed by atoms with Crippen LogP contribution >= 0.6 is 0 Å². The Morgan fingerprint density at radius 2 is 1.21 bits per heavy atom. The standard InChI is InChI=1S/C18H16O/c1-17-11-16(19)18(2,14-9-5-3-7-12(14)17)15-10-6-4-8-13(15)17/h3-10H,11H2,1-2H3. The van der Waals surface area contributed by atoms with Crippen LogP contribution in [0.15, 0.2) is 48.5 Å². The first-order chi connectivity index (χ1) is 9.08. The van der Waals surface area contributed by atoms with Crippen LogP contribution in [-0.4, -0.2) is 5.78 Å². The smallest absolute Gasteiger partial charge is 0.148 e. The Balaban J connectivity index is 2.20. The molecule has 0 atom stereocenters. The number of Topliss-reactive ketones (excluding diaryl/α,β-unsaturated/α-hetero) is 1. The third kappa shape index (κ3) is 1.06. The van der Waals surface area contributed by atoms with Crippen molar-refractivity contribution in [2.24, 2.45) is 0 Å². The molecular weight excluding hydrogens is 232 g/mol. The average molecular weight is 248 g/mol. The van der Waals surface area contributed by atoms with Crippen molar-refractivity contribution < 1.29 is 4.79 Å². The molecule has 0 spiro atoms. The van der Waals surface area contributed by atoms with E-state index in [1.54, 1.807) is 0 Å². The van der Waals surface area contributed by atoms with Crippen molar-refractivity contribution in [3.05, 3.63) is 70.8 Å². The Bertz CT molecular complexity index is 664. The van der Waals surface area contributed by atoms with E-state index in [-0.39, 0.29) is 5.41 Å². The number of ketones is 1. The number of benzene rings is 2. The quantitative estimate of drug-likeness (QED) is 0.696. The van der Waals surface area contributed by atoms with Gasteiger partial charge in [0.05, 0.1) is 5.41 Å². The molecule has 1 nitrogen and oxygen atoms in total. The van der Waals surface area contributed by atoms with Gasteiger partial charge in [0, 0.05) is 11.8 Å². The van der Waals surface area contributed by atoms with Gasteiger partial charge in [0.1, 0.15) is 5.78 Å². The lowest BCUT2D eigenvalue weighted by atomic mass is 9.50. The van der Waals surface area contributed by atoms with E-state index in [0.717, 1.165) is 0 Å². The van der Waals surface area contributed by atoms with Gasteiger partial charge in [-0.2, -0.15) is 0 Å². The van der Waals surface area contributed by atoms with Gasteiger partial charge in [-0.3, -0.25) is 4.79 Å². The van der Waals surface area contributed by atoms with E-state index in [9.17, 15) is 4.79 Å². The van der Waals surface area contributed by atoms with Gasteiger partial charge < -0.3 is 0 Å². The summed E-state index contributed by atoms with van der Waals surface area (Å²) in [6, 6.07) is 16.9. The molecule has 0 amide bonds. The fourth-order valence-electron chi connectivity index (χ4n) is 4.08. The van der Waals surface area contributed by atoms with Crippen LogP contribution in [0.4, 0.5) is 0 Å². The van der Waals surface area contributed by atoms with Gasteiger partial charge in [0.2, 0.25) is 0 Å². The van der Waals surface area contributed by atoms with Crippen LogP contribution in [0.3, 0.4) is 0 Å². The van der Waals surface area contributed by atoms with Crippen LogP contribution in [0.5, 0.6) is 0 Å². The SMILES string of the molecule is CC12CC(=O)C(C)(c3ccccc31)c1ccccc12. The molecule has 0 aliphatic heterocycles. The molecule has 19 heavy (non-hydrogen) atoms. The van der Waals surface area contributed by atoms with Gasteiger partial charge in [0.15, 0.2) is 0 Å². The third-order valence-corrected chi connectivity index (χ3v) is 5.19. The molecular formula is C18H16O. The number of carbonyl (C=O) groups excluding carboxylic acids is 1. The first-order valence-corrected chi connectivity index (χ1v) is 6.82. The second kappa shape index (κ2) is 3.16. The Labute approximate surface area is 113 Å². The van der Waals surface area contributed by atoms with Crippen LogP contribution in [0.2, 0.25) is 0 Å². The monoisotopic (exact) mass is 248 g/mol. The predicted molar refractivity (Wildman–Crippen MR) is 75.4 cm³/mol. The Morgan fingerprint density at radius 3 is 1.68 bits per heavy atom. The minimum Gasteiger partial charge on any atom is -0.298 e. The maximum Gasteiger partial charge on any atom is 0.148 e. The third-order valence-electron chi connectivity index (χ3n) is 5.19. The topological polar surface area (TPSA) is 17.1 Å². The van der Waals surface area contributed by atoms with Crippen LogP contribution < -0.4 is 0 Å². The highest BCUT2D eigenvalue weighted by molar-refractivity contribution is 6.00. The molecule has 0 heterocycles. The molecule has 0 saturated carbocycles. The predicted octanol–water partition coefficient (Wildman–Crippen LogP) is 3.58. The molecule has 0 radical (unpaired) electrons. The van der Waals surface area contributed by atoms with E-state index in [0.29, 0.717) is 12.2 Å². The van der Waals surface area contributed by atoms with Crippen molar-refractivity contribution in [2.75, 3.05) is 0 Å². The van der Waals surface area contributed by atoms with Crippen LogP contribution in [0, 0.1) is 0 Å². The highest BCUT2D eigenvalue weighted by Crippen LogP contribution is 2.57. The molecule has 3 aliphatic carbocycles. The summed E-state index contributed by atoms with van der Waals surface area (Å²) in [6.45, 7) is 4.30. The summed E-state index contributed by atoms with van der Waals surface area (Å²) in [4.78, 5) is 12.7. The summed E-state index contributed by atoms with van der Waals surface area (Å²) in [5, 5.41) is 0. The molecule has 0 aromatic heterocycles. The number of fused-ring (bicyclic) bond motifs is 1. The first kappa shape index (κ1) is 11.0. The summed E-state index contributed by atoms with van der Waals surface area (Å²) in [5.74, 6) is 0.354. The Morgan fingerprint density at radius 1 is 0.789 bits per heavy atom. The van der Waals surface area contributed by atoms with Gasteiger partial charge in [-0.1, -0.05) is 55.5 Å². The van der Waals surface area contributed by atoms with E-state index >= 15 is 0 Å². The minimum absolute atomic E-state index is 0.151. The lowest BCUT2D eigenvalue weighted by Gasteiger charge is -2.51. The summed E-state index contributed by atoms with van der Waals surface area (Å²) >= 11 is 0. The summed E-state index contributed by atoms with van der Waals surface area (Å²) in [6.07, 6.45) is 0.623. The van der Waals surface area contributed by atoms with Crippen LogP contribution in [0.1, 0.15) is 42.5 Å². The molecule has 2 aromatic rings. The van der Waals surface area contributed by atoms with Gasteiger partial charge >= 0.3 is 0 Å². The second-order valence-corrected chi connectivity index (χ2v) is 6.15. The van der Waals surface area contributed by atoms with Crippen molar-refractivity contribution >= 4 is 5.78 Å². The summed E-state index contributed by atoms with van der Waals surface area (Å²) < 4.78 is 0. The molecule has 0 unspecified atom stereocenters. The zero-order valence-corrected chi connectivity index (χ0v) is 11.2. The first-order valence-electron chi connectivity index (χ1n) is 6.82. The molecule has 5 rings (SSSR count). The highest BCUT2D eigenvalue weighted by atomic mass is 16.1. The molecule has 2 aromatic carbocycles. The normalized spacial score (nSPS) is 30.9. The molecule has 0 N–H and O–H groups in total. The van der Waals surface area contributed by atoms with Crippen molar-refractivity contribution in [3.63, 3.8) is 0 Å². The van der Waals surface area contributed by atoms with Crippen molar-refractivity contribution in [3.8, 4) is 0 Å². The maximum absolute atomic E-state index is 12.7. The van der Waals surface area contributed by atoms with Gasteiger partial charge in [-0.25, -0.2) is 0 Å². The summed E-state index contributed by atoms with van der Waals surface area (Å²) in [5.41, 5.74) is 4.46. The second-order valence-electron chi connectivity index (χ2n) is 6.15. The fourth-order valence-corrected chi connectivity index (χ4v) is 4.08. The largest absolute Gasteiger partial charge is 0.298 e. The van der Waals surface area contributed by atoms with E-state index in [4.69, 9.17) is 0 Å². The molecule has 94 valence electrons. The summed E-state index contributed by atoms with van der Waals surface area (Å²) in [7, 11) is 0. The highest BCUT2D eigenvalue weighted by Gasteiger charge is 2.55. The number of hydrogen-bond acceptors (Lipinski definition) is 1. The maximum atomic E-state index is 12.7. The lowest BCUT2D eigenvalue weighted by molar-refractivity contribution is -0.125. The zero-order chi connectivity index (χ0) is 13.3. The van der Waals surface area contributed by atoms with Gasteiger partial charge in [-0.15, -0.1) is 0 Å². The number of rotatable bonds is 0. The fraction of sp³-hybridized carbons (Fsp3) is 0.278. The average Bonchev–Trinajstić information content (AvgIpc) is 2.44. The van der Waals surface area contributed by atoms with Crippen molar-refractivity contribution in [1.29, 1.82) is 0 Å². The van der Waals surface area contributed by atoms with Gasteiger partial charge in [0.25, 0.3) is 0 Å². The Hall–Kier alpha value is -1.89. The van der Waals surface area contributed by atoms with E-state index in [2.05, 4.69) is 50.2 Å². The molecule has 3 aliphatic rings. The molecule has 0 fully saturated rings. The Kier molecular flexibility index (Phi) is 1.83. The number of hydrogen-bond donors (Lipinski definition) is 0. The van der Waals surface area contributed by atoms with Crippen molar-refractivity contribution in [2.45, 2.75) is 31.1 Å². The van der Waals surface area contributed by atoms with E-state index in [1.807, 2.05) is 12.1 Å². The lowest BCUT2D eigenvalue weighted by Crippen LogP contribution is -2.52. The number of carbonyl (C=O) groups is 1. The molecule has 1 heteroatoms. The van der Waals surface area contributed by atoms with E-state index in [1.165, 1.54) is 22.3 Å². The molecule has 0 saturated heterocycles. The van der Waals surface area contributed by atoms with Crippen LogP contribution in [-0.2, 0) is 15.6 Å². The van der Waals surface area contributed by atoms with Crippen LogP contribution in [0.25, 0.3) is 0 Å². The minimum atomic E-state index is -0.453. The zero-order valence-electron chi connectivity index (χ0n) is 11.2. The van der Waals surface area contributed by atoms with Gasteiger partial charge in [-0.05, 0) is 29.2 Å². The van der Waals surface area contributed by atoms with E-state index < -0.39 is 5.41 Å². The van der Waals surface area contributed by atoms with Crippen molar-refractivity contribution in [1.82, 2.24) is 0 Å².